The van der Waals surface area contributed by atoms with Gasteiger partial charge in [-0.15, -0.1) is 0 Å². The number of hydrogen-bond acceptors (Lipinski definition) is 2. The van der Waals surface area contributed by atoms with Gasteiger partial charge in [0.15, 0.2) is 0 Å². The van der Waals surface area contributed by atoms with E-state index < -0.39 is 12.2 Å². The minimum Gasteiger partial charge on any atom is -0.386 e. The predicted octanol–water partition coefficient (Wildman–Crippen LogP) is 1.87. The normalized spacial score (nSPS) is 25.8. The molecular formula is C10H9BrO2. The molecule has 2 N–H and O–H groups in total. The summed E-state index contributed by atoms with van der Waals surface area (Å²) in [5.41, 5.74) is 1.71. The van der Waals surface area contributed by atoms with Crippen LogP contribution in [0.1, 0.15) is 17.2 Å². The van der Waals surface area contributed by atoms with Gasteiger partial charge in [0.05, 0.1) is 0 Å². The molecule has 0 saturated carbocycles. The second-order valence-corrected chi connectivity index (χ2v) is 3.89. The Labute approximate surface area is 84.7 Å². The molecule has 2 atom stereocenters. The summed E-state index contributed by atoms with van der Waals surface area (Å²) in [5.74, 6) is 0. The van der Waals surface area contributed by atoms with Gasteiger partial charge in [-0.05, 0) is 17.2 Å². The van der Waals surface area contributed by atoms with E-state index >= 15 is 0 Å². The van der Waals surface area contributed by atoms with E-state index in [0.717, 1.165) is 15.6 Å². The third kappa shape index (κ3) is 1.43. The van der Waals surface area contributed by atoms with Crippen LogP contribution in [0.4, 0.5) is 0 Å². The molecule has 0 heterocycles. The van der Waals surface area contributed by atoms with Crippen molar-refractivity contribution in [2.24, 2.45) is 0 Å². The minimum atomic E-state index is -0.808. The van der Waals surface area contributed by atoms with E-state index in [4.69, 9.17) is 0 Å². The van der Waals surface area contributed by atoms with Crippen LogP contribution >= 0.6 is 15.9 Å². The Kier molecular flexibility index (Phi) is 2.24. The SMILES string of the molecule is O[C@@H]1c2cccc(Br)c2C=C[C@@H]1O. The Morgan fingerprint density at radius 3 is 2.77 bits per heavy atom. The lowest BCUT2D eigenvalue weighted by molar-refractivity contribution is 0.0469. The fourth-order valence-corrected chi connectivity index (χ4v) is 1.99. The highest BCUT2D eigenvalue weighted by molar-refractivity contribution is 9.10. The predicted molar refractivity (Wildman–Crippen MR) is 54.1 cm³/mol. The highest BCUT2D eigenvalue weighted by Crippen LogP contribution is 2.32. The van der Waals surface area contributed by atoms with Gasteiger partial charge in [-0.1, -0.05) is 40.2 Å². The molecule has 1 aromatic carbocycles. The van der Waals surface area contributed by atoms with Crippen LogP contribution in [0.25, 0.3) is 6.08 Å². The van der Waals surface area contributed by atoms with Gasteiger partial charge in [0.25, 0.3) is 0 Å². The van der Waals surface area contributed by atoms with Crippen molar-refractivity contribution in [2.45, 2.75) is 12.2 Å². The van der Waals surface area contributed by atoms with E-state index in [9.17, 15) is 10.2 Å². The second-order valence-electron chi connectivity index (χ2n) is 3.04. The molecule has 1 aromatic rings. The molecule has 0 bridgehead atoms. The molecule has 0 radical (unpaired) electrons. The number of aliphatic hydroxyl groups excluding tert-OH is 2. The van der Waals surface area contributed by atoms with Gasteiger partial charge in [-0.25, -0.2) is 0 Å². The van der Waals surface area contributed by atoms with Crippen LogP contribution in [0.3, 0.4) is 0 Å². The Balaban J connectivity index is 2.58. The Morgan fingerprint density at radius 2 is 2.00 bits per heavy atom. The van der Waals surface area contributed by atoms with E-state index in [1.54, 1.807) is 6.08 Å². The fraction of sp³-hybridized carbons (Fsp3) is 0.200. The summed E-state index contributed by atoms with van der Waals surface area (Å²) >= 11 is 3.39. The van der Waals surface area contributed by atoms with E-state index in [1.807, 2.05) is 24.3 Å². The van der Waals surface area contributed by atoms with Gasteiger partial charge in [0, 0.05) is 4.47 Å². The van der Waals surface area contributed by atoms with Crippen LogP contribution in [-0.2, 0) is 0 Å². The van der Waals surface area contributed by atoms with Crippen molar-refractivity contribution in [1.82, 2.24) is 0 Å². The van der Waals surface area contributed by atoms with Crippen LogP contribution < -0.4 is 0 Å². The van der Waals surface area contributed by atoms with Gasteiger partial charge < -0.3 is 10.2 Å². The maximum atomic E-state index is 9.63. The van der Waals surface area contributed by atoms with Crippen molar-refractivity contribution in [3.8, 4) is 0 Å². The molecule has 1 aliphatic carbocycles. The summed E-state index contributed by atoms with van der Waals surface area (Å²) in [7, 11) is 0. The van der Waals surface area contributed by atoms with E-state index in [1.165, 1.54) is 0 Å². The number of halogens is 1. The molecule has 0 saturated heterocycles. The molecule has 0 amide bonds. The van der Waals surface area contributed by atoms with Gasteiger partial charge in [0.1, 0.15) is 12.2 Å². The first kappa shape index (κ1) is 8.94. The Bertz CT molecular complexity index is 360. The summed E-state index contributed by atoms with van der Waals surface area (Å²) < 4.78 is 0.937. The summed E-state index contributed by atoms with van der Waals surface area (Å²) in [4.78, 5) is 0. The monoisotopic (exact) mass is 240 g/mol. The minimum absolute atomic E-state index is 0.768. The highest BCUT2D eigenvalue weighted by Gasteiger charge is 2.22. The number of rotatable bonds is 0. The Morgan fingerprint density at radius 1 is 1.23 bits per heavy atom. The topological polar surface area (TPSA) is 40.5 Å². The van der Waals surface area contributed by atoms with Crippen molar-refractivity contribution < 1.29 is 10.2 Å². The summed E-state index contributed by atoms with van der Waals surface area (Å²) in [6, 6.07) is 5.57. The third-order valence-corrected chi connectivity index (χ3v) is 2.88. The summed E-state index contributed by atoms with van der Waals surface area (Å²) in [6.07, 6.45) is 1.81. The molecule has 1 aliphatic rings. The van der Waals surface area contributed by atoms with Gasteiger partial charge in [-0.3, -0.25) is 0 Å². The molecule has 2 nitrogen and oxygen atoms in total. The van der Waals surface area contributed by atoms with Crippen LogP contribution in [0.15, 0.2) is 28.7 Å². The standard InChI is InChI=1S/C10H9BrO2/c11-8-3-1-2-7-6(8)4-5-9(12)10(7)13/h1-5,9-10,12-13H/t9-,10+/m0/s1. The van der Waals surface area contributed by atoms with E-state index in [0.29, 0.717) is 0 Å². The fourth-order valence-electron chi connectivity index (χ4n) is 1.47. The molecule has 0 spiro atoms. The van der Waals surface area contributed by atoms with Gasteiger partial charge >= 0.3 is 0 Å². The summed E-state index contributed by atoms with van der Waals surface area (Å²) in [5, 5.41) is 19.0. The molecular weight excluding hydrogens is 232 g/mol. The molecule has 3 heteroatoms. The average molecular weight is 241 g/mol. The number of hydrogen-bond donors (Lipinski definition) is 2. The van der Waals surface area contributed by atoms with Crippen LogP contribution in [0.5, 0.6) is 0 Å². The van der Waals surface area contributed by atoms with Crippen molar-refractivity contribution >= 4 is 22.0 Å². The van der Waals surface area contributed by atoms with Crippen LogP contribution in [0.2, 0.25) is 0 Å². The average Bonchev–Trinajstić information content (AvgIpc) is 2.12. The van der Waals surface area contributed by atoms with Crippen molar-refractivity contribution in [2.75, 3.05) is 0 Å². The lowest BCUT2D eigenvalue weighted by Gasteiger charge is -2.22. The zero-order chi connectivity index (χ0) is 9.42. The molecule has 0 unspecified atom stereocenters. The summed E-state index contributed by atoms with van der Waals surface area (Å²) in [6.45, 7) is 0. The van der Waals surface area contributed by atoms with E-state index in [2.05, 4.69) is 15.9 Å². The molecule has 0 fully saturated rings. The van der Waals surface area contributed by atoms with Crippen LogP contribution in [-0.4, -0.2) is 16.3 Å². The number of benzene rings is 1. The van der Waals surface area contributed by atoms with Gasteiger partial charge in [0.2, 0.25) is 0 Å². The lowest BCUT2D eigenvalue weighted by Crippen LogP contribution is -2.19. The van der Waals surface area contributed by atoms with Crippen LogP contribution in [0, 0.1) is 0 Å². The number of aliphatic hydroxyl groups is 2. The Hall–Kier alpha value is -0.640. The maximum Gasteiger partial charge on any atom is 0.109 e. The first-order valence-corrected chi connectivity index (χ1v) is 4.82. The lowest BCUT2D eigenvalue weighted by atomic mass is 9.93. The zero-order valence-corrected chi connectivity index (χ0v) is 8.40. The second kappa shape index (κ2) is 3.25. The first-order valence-electron chi connectivity index (χ1n) is 4.03. The third-order valence-electron chi connectivity index (χ3n) is 2.19. The molecule has 0 aliphatic heterocycles. The molecule has 0 aromatic heterocycles. The molecule has 2 rings (SSSR count). The van der Waals surface area contributed by atoms with Crippen molar-refractivity contribution in [1.29, 1.82) is 0 Å². The van der Waals surface area contributed by atoms with Gasteiger partial charge in [-0.2, -0.15) is 0 Å². The van der Waals surface area contributed by atoms with E-state index in [-0.39, 0.29) is 0 Å². The smallest absolute Gasteiger partial charge is 0.109 e. The molecule has 68 valence electrons. The number of fused-ring (bicyclic) bond motifs is 1. The van der Waals surface area contributed by atoms with Crippen molar-refractivity contribution in [3.63, 3.8) is 0 Å². The maximum absolute atomic E-state index is 9.63. The highest BCUT2D eigenvalue weighted by atomic mass is 79.9. The largest absolute Gasteiger partial charge is 0.386 e. The molecule has 13 heavy (non-hydrogen) atoms. The van der Waals surface area contributed by atoms with Crippen molar-refractivity contribution in [3.05, 3.63) is 39.9 Å². The zero-order valence-electron chi connectivity index (χ0n) is 6.81. The quantitative estimate of drug-likeness (QED) is 0.727. The first-order chi connectivity index (χ1) is 6.20.